The van der Waals surface area contributed by atoms with Gasteiger partial charge < -0.3 is 20.7 Å². The molecule has 3 rings (SSSR count). The number of benzene rings is 2. The monoisotopic (exact) mass is 447 g/mol. The molecule has 2 aromatic carbocycles. The zero-order valence-corrected chi connectivity index (χ0v) is 17.9. The van der Waals surface area contributed by atoms with E-state index in [0.29, 0.717) is 17.4 Å². The lowest BCUT2D eigenvalue weighted by Gasteiger charge is -2.13. The fourth-order valence-electron chi connectivity index (χ4n) is 3.09. The van der Waals surface area contributed by atoms with Gasteiger partial charge in [0, 0.05) is 29.6 Å². The van der Waals surface area contributed by atoms with Gasteiger partial charge in [0.2, 0.25) is 11.8 Å². The summed E-state index contributed by atoms with van der Waals surface area (Å²) in [7, 11) is 1.43. The van der Waals surface area contributed by atoms with Gasteiger partial charge in [-0.1, -0.05) is 18.5 Å². The van der Waals surface area contributed by atoms with Crippen molar-refractivity contribution in [3.8, 4) is 5.75 Å². The van der Waals surface area contributed by atoms with Crippen LogP contribution in [-0.4, -0.2) is 31.4 Å². The summed E-state index contributed by atoms with van der Waals surface area (Å²) in [6.07, 6.45) is 0.995. The normalized spacial score (nSPS) is 16.9. The first-order valence-electron chi connectivity index (χ1n) is 9.80. The van der Waals surface area contributed by atoms with Gasteiger partial charge >= 0.3 is 0 Å². The lowest BCUT2D eigenvalue weighted by molar-refractivity contribution is -0.122. The van der Waals surface area contributed by atoms with Gasteiger partial charge in [-0.25, -0.2) is 4.39 Å². The molecular weight excluding hydrogens is 425 g/mol. The Bertz CT molecular complexity index is 1010. The van der Waals surface area contributed by atoms with Crippen LogP contribution < -0.4 is 20.7 Å². The summed E-state index contributed by atoms with van der Waals surface area (Å²) < 4.78 is 19.3. The third kappa shape index (κ3) is 5.95. The fraction of sp³-hybridized carbons (Fsp3) is 0.318. The van der Waals surface area contributed by atoms with Crippen LogP contribution in [0.3, 0.4) is 0 Å². The van der Waals surface area contributed by atoms with Crippen molar-refractivity contribution in [3.63, 3.8) is 0 Å². The quantitative estimate of drug-likeness (QED) is 0.572. The molecule has 31 heavy (non-hydrogen) atoms. The first kappa shape index (κ1) is 22.6. The van der Waals surface area contributed by atoms with Gasteiger partial charge in [0.25, 0.3) is 5.91 Å². The minimum absolute atomic E-state index is 0.0239. The molecule has 1 aliphatic rings. The van der Waals surface area contributed by atoms with Crippen LogP contribution in [0.15, 0.2) is 36.4 Å². The Labute approximate surface area is 184 Å². The van der Waals surface area contributed by atoms with Crippen molar-refractivity contribution in [2.24, 2.45) is 11.8 Å². The van der Waals surface area contributed by atoms with Gasteiger partial charge in [-0.15, -0.1) is 0 Å². The minimum Gasteiger partial charge on any atom is -0.495 e. The second-order valence-electron chi connectivity index (χ2n) is 7.40. The average molecular weight is 448 g/mol. The lowest BCUT2D eigenvalue weighted by atomic mass is 10.2. The summed E-state index contributed by atoms with van der Waals surface area (Å²) in [5.41, 5.74) is 0.497. The van der Waals surface area contributed by atoms with Crippen molar-refractivity contribution < 1.29 is 23.5 Å². The molecule has 164 valence electrons. The third-order valence-electron chi connectivity index (χ3n) is 5.00. The van der Waals surface area contributed by atoms with Crippen molar-refractivity contribution in [3.05, 3.63) is 52.8 Å². The Morgan fingerprint density at radius 2 is 1.90 bits per heavy atom. The number of carbonyl (C=O) groups excluding carboxylic acids is 3. The Morgan fingerprint density at radius 3 is 2.55 bits per heavy atom. The van der Waals surface area contributed by atoms with Crippen LogP contribution in [0.5, 0.6) is 5.75 Å². The van der Waals surface area contributed by atoms with E-state index in [0.717, 1.165) is 12.5 Å². The lowest BCUT2D eigenvalue weighted by Crippen LogP contribution is -2.29. The minimum atomic E-state index is -0.754. The van der Waals surface area contributed by atoms with E-state index in [1.54, 1.807) is 12.1 Å². The maximum absolute atomic E-state index is 14.0. The first-order chi connectivity index (χ1) is 14.8. The summed E-state index contributed by atoms with van der Waals surface area (Å²) in [6.45, 7) is 2.25. The van der Waals surface area contributed by atoms with Crippen LogP contribution in [0, 0.1) is 17.7 Å². The van der Waals surface area contributed by atoms with Gasteiger partial charge in [0.1, 0.15) is 11.6 Å². The molecule has 2 unspecified atom stereocenters. The predicted octanol–water partition coefficient (Wildman–Crippen LogP) is 3.84. The van der Waals surface area contributed by atoms with E-state index in [2.05, 4.69) is 16.0 Å². The molecule has 0 bridgehead atoms. The number of hydrogen-bond acceptors (Lipinski definition) is 4. The third-order valence-corrected chi connectivity index (χ3v) is 5.24. The molecule has 2 atom stereocenters. The topological polar surface area (TPSA) is 96.5 Å². The Kier molecular flexibility index (Phi) is 7.12. The van der Waals surface area contributed by atoms with Crippen LogP contribution in [-0.2, 0) is 9.59 Å². The van der Waals surface area contributed by atoms with E-state index in [9.17, 15) is 18.8 Å². The summed E-state index contributed by atoms with van der Waals surface area (Å²) >= 11 is 5.72. The average Bonchev–Trinajstić information content (AvgIpc) is 3.44. The first-order valence-corrected chi connectivity index (χ1v) is 10.2. The molecular formula is C22H23ClFN3O4. The number of anilines is 2. The van der Waals surface area contributed by atoms with Gasteiger partial charge in [-0.05, 0) is 48.7 Å². The van der Waals surface area contributed by atoms with Crippen LogP contribution in [0.4, 0.5) is 15.8 Å². The van der Waals surface area contributed by atoms with Crippen LogP contribution in [0.25, 0.3) is 0 Å². The largest absolute Gasteiger partial charge is 0.495 e. The molecule has 0 radical (unpaired) electrons. The molecule has 1 fully saturated rings. The SMILES string of the molecule is COc1ccc(NC(=O)CCNC(=O)C2CC2C)cc1NC(=O)c1ccc(Cl)cc1F. The van der Waals surface area contributed by atoms with E-state index in [1.807, 2.05) is 6.92 Å². The molecule has 0 aliphatic heterocycles. The van der Waals surface area contributed by atoms with Crippen molar-refractivity contribution in [1.82, 2.24) is 5.32 Å². The highest BCUT2D eigenvalue weighted by atomic mass is 35.5. The molecule has 1 saturated carbocycles. The molecule has 3 N–H and O–H groups in total. The number of hydrogen-bond donors (Lipinski definition) is 3. The van der Waals surface area contributed by atoms with Crippen molar-refractivity contribution >= 4 is 40.7 Å². The van der Waals surface area contributed by atoms with Gasteiger partial charge in [-0.2, -0.15) is 0 Å². The zero-order valence-electron chi connectivity index (χ0n) is 17.1. The molecule has 0 heterocycles. The van der Waals surface area contributed by atoms with E-state index in [-0.39, 0.29) is 47.0 Å². The second-order valence-corrected chi connectivity index (χ2v) is 7.84. The summed E-state index contributed by atoms with van der Waals surface area (Å²) in [6, 6.07) is 8.43. The number of halogens is 2. The Morgan fingerprint density at radius 1 is 1.16 bits per heavy atom. The molecule has 0 spiro atoms. The molecule has 0 aromatic heterocycles. The molecule has 2 aromatic rings. The van der Waals surface area contributed by atoms with Gasteiger partial charge in [0.05, 0.1) is 18.4 Å². The van der Waals surface area contributed by atoms with E-state index in [1.165, 1.54) is 25.3 Å². The number of rotatable bonds is 8. The standard InChI is InChI=1S/C22H23ClFN3O4/c1-12-9-16(12)21(29)25-8-7-20(28)26-14-4-6-19(31-2)18(11-14)27-22(30)15-5-3-13(23)10-17(15)24/h3-6,10-12,16H,7-9H2,1-2H3,(H,25,29)(H,26,28)(H,27,30). The summed E-state index contributed by atoms with van der Waals surface area (Å²) in [5.74, 6) is -0.959. The highest BCUT2D eigenvalue weighted by molar-refractivity contribution is 6.30. The maximum Gasteiger partial charge on any atom is 0.258 e. The van der Waals surface area contributed by atoms with Crippen LogP contribution in [0.2, 0.25) is 5.02 Å². The Hall–Kier alpha value is -3.13. The predicted molar refractivity (Wildman–Crippen MR) is 116 cm³/mol. The number of methoxy groups -OCH3 is 1. The second kappa shape index (κ2) is 9.78. The smallest absolute Gasteiger partial charge is 0.258 e. The van der Waals surface area contributed by atoms with E-state index < -0.39 is 11.7 Å². The van der Waals surface area contributed by atoms with Gasteiger partial charge in [0.15, 0.2) is 0 Å². The highest BCUT2D eigenvalue weighted by Crippen LogP contribution is 2.37. The number of amides is 3. The maximum atomic E-state index is 14.0. The van der Waals surface area contributed by atoms with Crippen molar-refractivity contribution in [2.45, 2.75) is 19.8 Å². The highest BCUT2D eigenvalue weighted by Gasteiger charge is 2.38. The van der Waals surface area contributed by atoms with Crippen molar-refractivity contribution in [2.75, 3.05) is 24.3 Å². The molecule has 3 amide bonds. The molecule has 1 aliphatic carbocycles. The number of ether oxygens (including phenoxy) is 1. The summed E-state index contributed by atoms with van der Waals surface area (Å²) in [4.78, 5) is 36.4. The molecule has 7 nitrogen and oxygen atoms in total. The van der Waals surface area contributed by atoms with Crippen molar-refractivity contribution in [1.29, 1.82) is 0 Å². The van der Waals surface area contributed by atoms with Gasteiger partial charge in [-0.3, -0.25) is 14.4 Å². The fourth-order valence-corrected chi connectivity index (χ4v) is 3.25. The molecule has 9 heteroatoms. The Balaban J connectivity index is 1.61. The summed E-state index contributed by atoms with van der Waals surface area (Å²) in [5, 5.41) is 8.22. The van der Waals surface area contributed by atoms with E-state index >= 15 is 0 Å². The van der Waals surface area contributed by atoms with E-state index in [4.69, 9.17) is 16.3 Å². The van der Waals surface area contributed by atoms with Crippen LogP contribution in [0.1, 0.15) is 30.1 Å². The number of carbonyl (C=O) groups is 3. The molecule has 0 saturated heterocycles. The zero-order chi connectivity index (χ0) is 22.5. The number of nitrogens with one attached hydrogen (secondary N) is 3. The van der Waals surface area contributed by atoms with Crippen LogP contribution >= 0.6 is 11.6 Å².